The number of Topliss-reactive ketones (excluding diaryl/α,β-unsaturated/α-hetero) is 1. The molecule has 1 aromatic carbocycles. The normalized spacial score (nSPS) is 16.5. The highest BCUT2D eigenvalue weighted by atomic mass is 16.5. The molecule has 0 fully saturated rings. The number of hydrogen-bond acceptors (Lipinski definition) is 5. The van der Waals surface area contributed by atoms with E-state index in [0.717, 1.165) is 18.4 Å². The third kappa shape index (κ3) is 4.35. The van der Waals surface area contributed by atoms with Crippen LogP contribution in [0.4, 0.5) is 0 Å². The molecule has 0 saturated heterocycles. The number of ether oxygens (including phenoxy) is 1. The van der Waals surface area contributed by atoms with E-state index >= 15 is 0 Å². The summed E-state index contributed by atoms with van der Waals surface area (Å²) in [5.41, 5.74) is 1.15. The molecule has 2 rings (SSSR count). The Kier molecular flexibility index (Phi) is 6.22. The first kappa shape index (κ1) is 17.5. The number of hydrogen-bond donors (Lipinski definition) is 1. The topological polar surface area (TPSA) is 72.8 Å². The van der Waals surface area contributed by atoms with E-state index in [9.17, 15) is 14.6 Å². The molecule has 0 unspecified atom stereocenters. The smallest absolute Gasteiger partial charge is 0.526 e. The van der Waals surface area contributed by atoms with Crippen molar-refractivity contribution in [2.24, 2.45) is 0 Å². The SMILES string of the molecule is CCCCC(=O)C[C@H]1Cc2cccc(C(=O)OCC)c2OB1O. The summed E-state index contributed by atoms with van der Waals surface area (Å²) in [5.74, 6) is -0.224. The van der Waals surface area contributed by atoms with Crippen LogP contribution < -0.4 is 4.65 Å². The minimum absolute atomic E-state index is 0.143. The van der Waals surface area contributed by atoms with Crippen molar-refractivity contribution in [3.63, 3.8) is 0 Å². The van der Waals surface area contributed by atoms with Crippen LogP contribution in [0, 0.1) is 0 Å². The van der Waals surface area contributed by atoms with Crippen LogP contribution in [0.25, 0.3) is 0 Å². The summed E-state index contributed by atoms with van der Waals surface area (Å²) in [5, 5.41) is 10.2. The van der Waals surface area contributed by atoms with E-state index in [-0.39, 0.29) is 18.2 Å². The Balaban J connectivity index is 2.12. The Bertz CT molecular complexity index is 572. The van der Waals surface area contributed by atoms with Crippen LogP contribution in [0.1, 0.15) is 55.5 Å². The lowest BCUT2D eigenvalue weighted by molar-refractivity contribution is -0.119. The van der Waals surface area contributed by atoms with Gasteiger partial charge in [-0.15, -0.1) is 0 Å². The van der Waals surface area contributed by atoms with Crippen molar-refractivity contribution in [2.75, 3.05) is 6.61 Å². The maximum absolute atomic E-state index is 12.0. The van der Waals surface area contributed by atoms with Gasteiger partial charge in [-0.3, -0.25) is 4.79 Å². The minimum atomic E-state index is -1.08. The average Bonchev–Trinajstić information content (AvgIpc) is 2.53. The predicted octanol–water partition coefficient (Wildman–Crippen LogP) is 2.80. The van der Waals surface area contributed by atoms with Crippen LogP contribution in [0.2, 0.25) is 5.82 Å². The highest BCUT2D eigenvalue weighted by Crippen LogP contribution is 2.36. The molecule has 1 aromatic rings. The van der Waals surface area contributed by atoms with Gasteiger partial charge in [0.15, 0.2) is 0 Å². The summed E-state index contributed by atoms with van der Waals surface area (Å²) >= 11 is 0. The van der Waals surface area contributed by atoms with E-state index in [4.69, 9.17) is 9.39 Å². The average molecular weight is 318 g/mol. The number of fused-ring (bicyclic) bond motifs is 1. The lowest BCUT2D eigenvalue weighted by Gasteiger charge is -2.28. The molecule has 1 N–H and O–H groups in total. The zero-order chi connectivity index (χ0) is 16.8. The number of carbonyl (C=O) groups excluding carboxylic acids is 2. The lowest BCUT2D eigenvalue weighted by Crippen LogP contribution is -2.35. The number of carbonyl (C=O) groups is 2. The summed E-state index contributed by atoms with van der Waals surface area (Å²) < 4.78 is 10.6. The molecule has 1 atom stereocenters. The maximum atomic E-state index is 12.0. The summed E-state index contributed by atoms with van der Waals surface area (Å²) in [6.07, 6.45) is 3.19. The van der Waals surface area contributed by atoms with Crippen molar-refractivity contribution in [1.82, 2.24) is 0 Å². The van der Waals surface area contributed by atoms with Gasteiger partial charge in [-0.25, -0.2) is 4.79 Å². The Morgan fingerprint density at radius 1 is 1.39 bits per heavy atom. The molecular weight excluding hydrogens is 295 g/mol. The van der Waals surface area contributed by atoms with Crippen molar-refractivity contribution in [2.45, 2.75) is 51.8 Å². The van der Waals surface area contributed by atoms with Gasteiger partial charge < -0.3 is 14.4 Å². The summed E-state index contributed by atoms with van der Waals surface area (Å²) in [6, 6.07) is 5.24. The molecular formula is C17H23BO5. The third-order valence-electron chi connectivity index (χ3n) is 4.01. The Morgan fingerprint density at radius 3 is 2.87 bits per heavy atom. The van der Waals surface area contributed by atoms with Crippen LogP contribution in [-0.4, -0.2) is 30.5 Å². The van der Waals surface area contributed by atoms with Crippen molar-refractivity contribution in [3.05, 3.63) is 29.3 Å². The zero-order valence-electron chi connectivity index (χ0n) is 13.7. The second-order valence-electron chi connectivity index (χ2n) is 5.83. The van der Waals surface area contributed by atoms with Crippen LogP contribution in [0.15, 0.2) is 18.2 Å². The van der Waals surface area contributed by atoms with Crippen molar-refractivity contribution in [1.29, 1.82) is 0 Å². The van der Waals surface area contributed by atoms with Crippen LogP contribution >= 0.6 is 0 Å². The molecule has 0 radical (unpaired) electrons. The second-order valence-corrected chi connectivity index (χ2v) is 5.83. The van der Waals surface area contributed by atoms with Crippen molar-refractivity contribution < 1.29 is 24.0 Å². The molecule has 0 amide bonds. The molecule has 124 valence electrons. The van der Waals surface area contributed by atoms with Crippen LogP contribution in [0.5, 0.6) is 5.75 Å². The van der Waals surface area contributed by atoms with Gasteiger partial charge in [0.1, 0.15) is 17.1 Å². The van der Waals surface area contributed by atoms with Crippen LogP contribution in [0.3, 0.4) is 0 Å². The highest BCUT2D eigenvalue weighted by molar-refractivity contribution is 6.47. The zero-order valence-corrected chi connectivity index (χ0v) is 13.7. The molecule has 0 aromatic heterocycles. The van der Waals surface area contributed by atoms with E-state index in [0.29, 0.717) is 30.6 Å². The Hall–Kier alpha value is -1.82. The molecule has 6 heteroatoms. The van der Waals surface area contributed by atoms with Crippen LogP contribution in [-0.2, 0) is 16.0 Å². The lowest BCUT2D eigenvalue weighted by atomic mass is 9.64. The fourth-order valence-electron chi connectivity index (χ4n) is 2.80. The van der Waals surface area contributed by atoms with E-state index in [2.05, 4.69) is 0 Å². The molecule has 1 aliphatic heterocycles. The van der Waals surface area contributed by atoms with E-state index < -0.39 is 13.1 Å². The number of ketones is 1. The van der Waals surface area contributed by atoms with Gasteiger partial charge in [0.2, 0.25) is 0 Å². The number of benzene rings is 1. The van der Waals surface area contributed by atoms with Gasteiger partial charge in [-0.05, 0) is 31.4 Å². The quantitative estimate of drug-likeness (QED) is 0.618. The monoisotopic (exact) mass is 318 g/mol. The van der Waals surface area contributed by atoms with Crippen molar-refractivity contribution in [3.8, 4) is 5.75 Å². The predicted molar refractivity (Wildman–Crippen MR) is 87.6 cm³/mol. The van der Waals surface area contributed by atoms with Gasteiger partial charge in [0.05, 0.1) is 6.61 Å². The fourth-order valence-corrected chi connectivity index (χ4v) is 2.80. The van der Waals surface area contributed by atoms with E-state index in [1.54, 1.807) is 19.1 Å². The van der Waals surface area contributed by atoms with Gasteiger partial charge in [0.25, 0.3) is 0 Å². The molecule has 1 heterocycles. The van der Waals surface area contributed by atoms with Crippen molar-refractivity contribution >= 4 is 18.9 Å². The first-order chi connectivity index (χ1) is 11.1. The molecule has 5 nitrogen and oxygen atoms in total. The first-order valence-corrected chi connectivity index (χ1v) is 8.22. The molecule has 1 aliphatic rings. The Labute approximate surface area is 137 Å². The molecule has 0 aliphatic carbocycles. The summed E-state index contributed by atoms with van der Waals surface area (Å²) in [4.78, 5) is 23.9. The minimum Gasteiger partial charge on any atom is -0.535 e. The fraction of sp³-hybridized carbons (Fsp3) is 0.529. The molecule has 0 saturated carbocycles. The molecule has 0 spiro atoms. The number of para-hydroxylation sites is 1. The summed E-state index contributed by atoms with van der Waals surface area (Å²) in [6.45, 7) is 4.06. The van der Waals surface area contributed by atoms with Gasteiger partial charge in [-0.2, -0.15) is 0 Å². The highest BCUT2D eigenvalue weighted by Gasteiger charge is 2.37. The van der Waals surface area contributed by atoms with E-state index in [1.807, 2.05) is 13.0 Å². The largest absolute Gasteiger partial charge is 0.535 e. The standard InChI is InChI=1S/C17H23BO5/c1-3-5-8-14(19)11-13-10-12-7-6-9-15(17(20)22-4-2)16(12)23-18(13)21/h6-7,9,13,21H,3-5,8,10-11H2,1-2H3/t13-/m1/s1. The third-order valence-corrected chi connectivity index (χ3v) is 4.01. The summed E-state index contributed by atoms with van der Waals surface area (Å²) in [7, 11) is -1.08. The van der Waals surface area contributed by atoms with Gasteiger partial charge >= 0.3 is 13.1 Å². The Morgan fingerprint density at radius 2 is 2.17 bits per heavy atom. The van der Waals surface area contributed by atoms with Gasteiger partial charge in [0, 0.05) is 18.7 Å². The first-order valence-electron chi connectivity index (χ1n) is 8.22. The van der Waals surface area contributed by atoms with E-state index in [1.165, 1.54) is 0 Å². The number of rotatable bonds is 7. The molecule has 23 heavy (non-hydrogen) atoms. The van der Waals surface area contributed by atoms with Gasteiger partial charge in [-0.1, -0.05) is 25.5 Å². The molecule has 0 bridgehead atoms. The maximum Gasteiger partial charge on any atom is 0.526 e. The number of unbranched alkanes of at least 4 members (excludes halogenated alkanes) is 1. The second kappa shape index (κ2) is 8.15. The number of esters is 1.